The predicted octanol–water partition coefficient (Wildman–Crippen LogP) is 4.71. The molecule has 2 N–H and O–H groups in total. The molecule has 3 saturated carbocycles. The van der Waals surface area contributed by atoms with Gasteiger partial charge >= 0.3 is 7.60 Å². The van der Waals surface area contributed by atoms with E-state index in [4.69, 9.17) is 0 Å². The first-order chi connectivity index (χ1) is 17.5. The molecule has 7 nitrogen and oxygen atoms in total. The van der Waals surface area contributed by atoms with Crippen LogP contribution in [-0.4, -0.2) is 42.9 Å². The number of piperidine rings is 2. The molecule has 4 bridgehead atoms. The van der Waals surface area contributed by atoms with Crippen LogP contribution in [0, 0.1) is 35.0 Å². The van der Waals surface area contributed by atoms with E-state index in [1.165, 1.54) is 32.1 Å². The van der Waals surface area contributed by atoms with Gasteiger partial charge in [-0.1, -0.05) is 39.8 Å². The Morgan fingerprint density at radius 1 is 1.03 bits per heavy atom. The Labute approximate surface area is 219 Å². The molecule has 0 radical (unpaired) electrons. The summed E-state index contributed by atoms with van der Waals surface area (Å²) in [5, 5.41) is 0. The first-order valence-corrected chi connectivity index (χ1v) is 15.9. The minimum Gasteiger partial charge on any atom is -0.320 e. The van der Waals surface area contributed by atoms with Gasteiger partial charge in [-0.05, 0) is 98.6 Å². The molecule has 3 heterocycles. The van der Waals surface area contributed by atoms with Crippen molar-refractivity contribution in [3.05, 3.63) is 34.6 Å². The molecule has 2 aliphatic heterocycles. The van der Waals surface area contributed by atoms with Crippen molar-refractivity contribution in [1.82, 2.24) is 14.5 Å². The molecule has 202 valence electrons. The van der Waals surface area contributed by atoms with E-state index in [0.29, 0.717) is 40.4 Å². The summed E-state index contributed by atoms with van der Waals surface area (Å²) < 4.78 is 13.9. The van der Waals surface area contributed by atoms with Crippen LogP contribution in [0.15, 0.2) is 29.1 Å². The van der Waals surface area contributed by atoms with Crippen LogP contribution < -0.4 is 11.0 Å². The highest BCUT2D eigenvalue weighted by molar-refractivity contribution is 7.59. The van der Waals surface area contributed by atoms with Crippen molar-refractivity contribution in [3.8, 4) is 0 Å². The number of hydrogen-bond donors (Lipinski definition) is 2. The first kappa shape index (κ1) is 25.7. The normalized spacial score (nSPS) is 37.4. The molecule has 5 fully saturated rings. The topological polar surface area (TPSA) is 95.7 Å². The molecule has 8 heteroatoms. The minimum atomic E-state index is -4.79. The van der Waals surface area contributed by atoms with Gasteiger partial charge in [-0.3, -0.25) is 14.3 Å². The molecule has 3 aliphatic carbocycles. The Balaban J connectivity index is 1.31. The summed E-state index contributed by atoms with van der Waals surface area (Å²) in [6.07, 6.45) is 8.30. The third-order valence-electron chi connectivity index (χ3n) is 11.1. The summed E-state index contributed by atoms with van der Waals surface area (Å²) in [6.45, 7) is 10.8. The highest BCUT2D eigenvalue weighted by atomic mass is 31.2. The standard InChI is InChI=1S/C29H42N3O4P/c1-17-13-18(2)26-16-21(32-24-8-6-5-7-23(24)30-27(28(32)33)37(34,35)36)15-25(17)31(26)12-11-19-9-10-20-14-22(19)29(20,3)4/h5-8,17-22,25-26H,9-16H2,1-4H3,(H2,34,35,36)/t17-,18+,19-,20-,21+,22?,25+,26-/m0/s1. The molecule has 1 aromatic carbocycles. The molecular weight excluding hydrogens is 485 g/mol. The zero-order valence-electron chi connectivity index (χ0n) is 22.6. The molecular formula is C29H42N3O4P. The number of para-hydroxylation sites is 2. The Morgan fingerprint density at radius 3 is 2.32 bits per heavy atom. The second kappa shape index (κ2) is 9.01. The number of aromatic nitrogens is 2. The first-order valence-electron chi connectivity index (χ1n) is 14.3. The Hall–Kier alpha value is -1.53. The van der Waals surface area contributed by atoms with Crippen molar-refractivity contribution in [3.63, 3.8) is 0 Å². The fraction of sp³-hybridized carbons (Fsp3) is 0.724. The van der Waals surface area contributed by atoms with E-state index in [9.17, 15) is 19.1 Å². The highest BCUT2D eigenvalue weighted by Gasteiger charge is 2.54. The molecule has 1 aromatic heterocycles. The minimum absolute atomic E-state index is 0.0943. The maximum Gasteiger partial charge on any atom is 0.380 e. The number of rotatable bonds is 5. The van der Waals surface area contributed by atoms with Crippen LogP contribution in [-0.2, 0) is 4.57 Å². The monoisotopic (exact) mass is 527 g/mol. The van der Waals surface area contributed by atoms with Gasteiger partial charge in [0.1, 0.15) is 0 Å². The van der Waals surface area contributed by atoms with Crippen molar-refractivity contribution < 1.29 is 14.4 Å². The number of nitrogens with zero attached hydrogens (tertiary/aromatic N) is 3. The van der Waals surface area contributed by atoms with Crippen molar-refractivity contribution in [2.45, 2.75) is 90.8 Å². The van der Waals surface area contributed by atoms with Gasteiger partial charge in [0, 0.05) is 18.1 Å². The van der Waals surface area contributed by atoms with E-state index in [2.05, 4.69) is 37.6 Å². The third-order valence-corrected chi connectivity index (χ3v) is 12.0. The van der Waals surface area contributed by atoms with Gasteiger partial charge in [-0.25, -0.2) is 4.98 Å². The van der Waals surface area contributed by atoms with Crippen molar-refractivity contribution in [2.24, 2.45) is 35.0 Å². The molecule has 0 amide bonds. The largest absolute Gasteiger partial charge is 0.380 e. The SMILES string of the molecule is C[C@@H]1C[C@H](C)[C@H]2C[C@@H](n3c(=O)c(P(=O)(O)O)nc4ccccc43)C[C@@H]1N2CC[C@@H]1CC[C@H]2CC1C2(C)C. The van der Waals surface area contributed by atoms with Crippen LogP contribution in [0.25, 0.3) is 11.0 Å². The van der Waals surface area contributed by atoms with Gasteiger partial charge in [0.15, 0.2) is 0 Å². The highest BCUT2D eigenvalue weighted by Crippen LogP contribution is 2.62. The van der Waals surface area contributed by atoms with E-state index < -0.39 is 18.6 Å². The van der Waals surface area contributed by atoms with Crippen LogP contribution in [0.5, 0.6) is 0 Å². The Bertz CT molecular complexity index is 1280. The number of benzene rings is 1. The third kappa shape index (κ3) is 4.16. The lowest BCUT2D eigenvalue weighted by Crippen LogP contribution is -2.60. The average Bonchev–Trinajstić information content (AvgIpc) is 2.85. The van der Waals surface area contributed by atoms with Crippen LogP contribution in [0.3, 0.4) is 0 Å². The van der Waals surface area contributed by atoms with Gasteiger partial charge in [0.05, 0.1) is 11.0 Å². The summed E-state index contributed by atoms with van der Waals surface area (Å²) in [6, 6.07) is 7.93. The van der Waals surface area contributed by atoms with E-state index in [1.54, 1.807) is 16.7 Å². The maximum atomic E-state index is 13.5. The van der Waals surface area contributed by atoms with Crippen LogP contribution in [0.2, 0.25) is 0 Å². The molecule has 1 unspecified atom stereocenters. The fourth-order valence-electron chi connectivity index (χ4n) is 9.05. The predicted molar refractivity (Wildman–Crippen MR) is 146 cm³/mol. The lowest BCUT2D eigenvalue weighted by atomic mass is 9.45. The van der Waals surface area contributed by atoms with Crippen LogP contribution in [0.4, 0.5) is 0 Å². The lowest BCUT2D eigenvalue weighted by Gasteiger charge is -2.61. The zero-order chi connectivity index (χ0) is 26.3. The van der Waals surface area contributed by atoms with Crippen molar-refractivity contribution in [2.75, 3.05) is 6.54 Å². The van der Waals surface area contributed by atoms with Crippen LogP contribution >= 0.6 is 7.60 Å². The second-order valence-corrected chi connectivity index (χ2v) is 14.8. The van der Waals surface area contributed by atoms with Crippen molar-refractivity contribution >= 4 is 24.1 Å². The summed E-state index contributed by atoms with van der Waals surface area (Å²) in [5.41, 5.74) is 0.386. The second-order valence-electron chi connectivity index (χ2n) is 13.3. The molecule has 5 aliphatic rings. The van der Waals surface area contributed by atoms with Crippen molar-refractivity contribution in [1.29, 1.82) is 0 Å². The number of hydrogen-bond acceptors (Lipinski definition) is 4. The summed E-state index contributed by atoms with van der Waals surface area (Å²) in [4.78, 5) is 40.2. The van der Waals surface area contributed by atoms with E-state index in [0.717, 1.165) is 37.1 Å². The Morgan fingerprint density at radius 2 is 1.70 bits per heavy atom. The van der Waals surface area contributed by atoms with Gasteiger partial charge in [-0.15, -0.1) is 0 Å². The number of fused-ring (bicyclic) bond motifs is 5. The van der Waals surface area contributed by atoms with Gasteiger partial charge in [-0.2, -0.15) is 0 Å². The molecule has 8 atom stereocenters. The van der Waals surface area contributed by atoms with Crippen LogP contribution in [0.1, 0.15) is 78.7 Å². The average molecular weight is 528 g/mol. The zero-order valence-corrected chi connectivity index (χ0v) is 23.5. The molecule has 7 rings (SSSR count). The van der Waals surface area contributed by atoms with E-state index in [-0.39, 0.29) is 6.04 Å². The fourth-order valence-corrected chi connectivity index (χ4v) is 9.64. The molecule has 2 aromatic rings. The Kier molecular flexibility index (Phi) is 6.27. The quantitative estimate of drug-likeness (QED) is 0.547. The van der Waals surface area contributed by atoms with Gasteiger partial charge in [0.2, 0.25) is 5.44 Å². The van der Waals surface area contributed by atoms with Gasteiger partial charge in [0.25, 0.3) is 5.56 Å². The molecule has 2 saturated heterocycles. The summed E-state index contributed by atoms with van der Waals surface area (Å²) in [7, 11) is -4.79. The lowest BCUT2D eigenvalue weighted by molar-refractivity contribution is -0.114. The molecule has 37 heavy (non-hydrogen) atoms. The summed E-state index contributed by atoms with van der Waals surface area (Å²) >= 11 is 0. The van der Waals surface area contributed by atoms with E-state index >= 15 is 0 Å². The van der Waals surface area contributed by atoms with Gasteiger partial charge < -0.3 is 14.4 Å². The smallest absolute Gasteiger partial charge is 0.320 e. The maximum absolute atomic E-state index is 13.5. The summed E-state index contributed by atoms with van der Waals surface area (Å²) in [5.74, 6) is 3.66. The molecule has 0 spiro atoms. The van der Waals surface area contributed by atoms with E-state index in [1.807, 2.05) is 12.1 Å².